The number of carbonyl (C=O) groups excluding carboxylic acids is 1. The number of aryl methyl sites for hydroxylation is 1. The number of hydrogen-bond acceptors (Lipinski definition) is 1. The van der Waals surface area contributed by atoms with Crippen LogP contribution in [0.25, 0.3) is 0 Å². The molecule has 0 atom stereocenters. The van der Waals surface area contributed by atoms with E-state index in [1.54, 1.807) is 13.0 Å². The van der Waals surface area contributed by atoms with E-state index in [0.29, 0.717) is 10.2 Å². The number of rotatable bonds is 2. The normalized spacial score (nSPS) is 9.64. The SMILES string of the molecule is C=CC(=O)Nc1cc(F)c(Br)cc1C. The molecule has 74 valence electrons. The van der Waals surface area contributed by atoms with Crippen LogP contribution >= 0.6 is 15.9 Å². The zero-order chi connectivity index (χ0) is 10.7. The molecule has 14 heavy (non-hydrogen) atoms. The van der Waals surface area contributed by atoms with Gasteiger partial charge in [0.05, 0.1) is 4.47 Å². The molecule has 2 nitrogen and oxygen atoms in total. The van der Waals surface area contributed by atoms with E-state index in [1.807, 2.05) is 0 Å². The smallest absolute Gasteiger partial charge is 0.247 e. The lowest BCUT2D eigenvalue weighted by Gasteiger charge is -2.07. The average molecular weight is 258 g/mol. The molecule has 0 bridgehead atoms. The topological polar surface area (TPSA) is 29.1 Å². The Balaban J connectivity index is 3.03. The van der Waals surface area contributed by atoms with Crippen molar-refractivity contribution in [3.63, 3.8) is 0 Å². The molecule has 0 aromatic heterocycles. The van der Waals surface area contributed by atoms with Gasteiger partial charge in [0.2, 0.25) is 5.91 Å². The third-order valence-electron chi connectivity index (χ3n) is 1.71. The summed E-state index contributed by atoms with van der Waals surface area (Å²) in [6.07, 6.45) is 1.14. The van der Waals surface area contributed by atoms with E-state index in [0.717, 1.165) is 11.6 Å². The highest BCUT2D eigenvalue weighted by atomic mass is 79.9. The Morgan fingerprint density at radius 3 is 2.86 bits per heavy atom. The molecule has 1 rings (SSSR count). The van der Waals surface area contributed by atoms with Gasteiger partial charge in [0.15, 0.2) is 0 Å². The minimum atomic E-state index is -0.407. The monoisotopic (exact) mass is 257 g/mol. The average Bonchev–Trinajstić information content (AvgIpc) is 2.14. The van der Waals surface area contributed by atoms with Crippen LogP contribution in [-0.2, 0) is 4.79 Å². The zero-order valence-corrected chi connectivity index (χ0v) is 9.19. The van der Waals surface area contributed by atoms with E-state index in [1.165, 1.54) is 6.07 Å². The maximum absolute atomic E-state index is 13.1. The highest BCUT2D eigenvalue weighted by Gasteiger charge is 2.06. The van der Waals surface area contributed by atoms with Gasteiger partial charge in [-0.2, -0.15) is 0 Å². The summed E-state index contributed by atoms with van der Waals surface area (Å²) in [4.78, 5) is 11.0. The molecule has 1 aromatic carbocycles. The Morgan fingerprint density at radius 1 is 1.64 bits per heavy atom. The van der Waals surface area contributed by atoms with Gasteiger partial charge < -0.3 is 5.32 Å². The van der Waals surface area contributed by atoms with E-state index < -0.39 is 5.82 Å². The van der Waals surface area contributed by atoms with Crippen molar-refractivity contribution in [2.24, 2.45) is 0 Å². The van der Waals surface area contributed by atoms with Crippen LogP contribution in [0.3, 0.4) is 0 Å². The third kappa shape index (κ3) is 2.42. The summed E-state index contributed by atoms with van der Waals surface area (Å²) in [5, 5.41) is 2.51. The van der Waals surface area contributed by atoms with Gasteiger partial charge in [0, 0.05) is 5.69 Å². The minimum Gasteiger partial charge on any atom is -0.322 e. The Bertz CT molecular complexity index is 390. The molecule has 0 aliphatic carbocycles. The molecule has 0 radical (unpaired) electrons. The van der Waals surface area contributed by atoms with Crippen LogP contribution in [0.1, 0.15) is 5.56 Å². The van der Waals surface area contributed by atoms with Gasteiger partial charge in [0.1, 0.15) is 5.82 Å². The van der Waals surface area contributed by atoms with Crippen molar-refractivity contribution >= 4 is 27.5 Å². The fraction of sp³-hybridized carbons (Fsp3) is 0.100. The lowest BCUT2D eigenvalue weighted by molar-refractivity contribution is -0.111. The summed E-state index contributed by atoms with van der Waals surface area (Å²) in [5.74, 6) is -0.759. The first-order valence-corrected chi connectivity index (χ1v) is 4.73. The van der Waals surface area contributed by atoms with Crippen LogP contribution in [0.2, 0.25) is 0 Å². The fourth-order valence-electron chi connectivity index (χ4n) is 0.965. The number of benzene rings is 1. The number of carbonyl (C=O) groups is 1. The van der Waals surface area contributed by atoms with Crippen molar-refractivity contribution in [3.05, 3.63) is 40.6 Å². The van der Waals surface area contributed by atoms with Crippen LogP contribution in [0.15, 0.2) is 29.3 Å². The largest absolute Gasteiger partial charge is 0.322 e. The second-order valence-electron chi connectivity index (χ2n) is 2.77. The summed E-state index contributed by atoms with van der Waals surface area (Å²) < 4.78 is 13.5. The van der Waals surface area contributed by atoms with E-state index in [4.69, 9.17) is 0 Å². The highest BCUT2D eigenvalue weighted by Crippen LogP contribution is 2.23. The second kappa shape index (κ2) is 4.37. The molecular formula is C10H9BrFNO. The molecule has 0 spiro atoms. The summed E-state index contributed by atoms with van der Waals surface area (Å²) in [6, 6.07) is 2.87. The van der Waals surface area contributed by atoms with Gasteiger partial charge >= 0.3 is 0 Å². The van der Waals surface area contributed by atoms with E-state index in [-0.39, 0.29) is 5.91 Å². The number of amides is 1. The van der Waals surface area contributed by atoms with Gasteiger partial charge in [-0.25, -0.2) is 4.39 Å². The van der Waals surface area contributed by atoms with Crippen LogP contribution in [0, 0.1) is 12.7 Å². The second-order valence-corrected chi connectivity index (χ2v) is 3.63. The molecule has 0 aliphatic rings. The first-order chi connectivity index (χ1) is 6.54. The first kappa shape index (κ1) is 10.9. The van der Waals surface area contributed by atoms with Crippen LogP contribution in [-0.4, -0.2) is 5.91 Å². The zero-order valence-electron chi connectivity index (χ0n) is 7.60. The molecule has 0 saturated heterocycles. The standard InChI is InChI=1S/C10H9BrFNO/c1-3-10(14)13-9-5-8(12)7(11)4-6(9)2/h3-5H,1H2,2H3,(H,13,14). The number of nitrogens with one attached hydrogen (secondary N) is 1. The summed E-state index contributed by atoms with van der Waals surface area (Å²) >= 11 is 3.06. The molecule has 4 heteroatoms. The minimum absolute atomic E-state index is 0.352. The molecule has 1 aromatic rings. The van der Waals surface area contributed by atoms with Gasteiger partial charge in [-0.3, -0.25) is 4.79 Å². The molecule has 0 heterocycles. The molecule has 1 N–H and O–H groups in total. The first-order valence-electron chi connectivity index (χ1n) is 3.93. The molecular weight excluding hydrogens is 249 g/mol. The van der Waals surface area contributed by atoms with Crippen molar-refractivity contribution in [1.29, 1.82) is 0 Å². The highest BCUT2D eigenvalue weighted by molar-refractivity contribution is 9.10. The quantitative estimate of drug-likeness (QED) is 0.811. The van der Waals surface area contributed by atoms with Crippen molar-refractivity contribution in [3.8, 4) is 0 Å². The Hall–Kier alpha value is -1.16. The van der Waals surface area contributed by atoms with Crippen LogP contribution in [0.4, 0.5) is 10.1 Å². The van der Waals surface area contributed by atoms with Gasteiger partial charge in [0.25, 0.3) is 0 Å². The van der Waals surface area contributed by atoms with Crippen LogP contribution < -0.4 is 5.32 Å². The molecule has 0 aliphatic heterocycles. The Labute approximate surface area is 89.9 Å². The van der Waals surface area contributed by atoms with Crippen molar-refractivity contribution < 1.29 is 9.18 Å². The maximum Gasteiger partial charge on any atom is 0.247 e. The Kier molecular flexibility index (Phi) is 3.41. The lowest BCUT2D eigenvalue weighted by atomic mass is 10.2. The molecule has 0 saturated carbocycles. The predicted octanol–water partition coefficient (Wildman–Crippen LogP) is 3.02. The fourth-order valence-corrected chi connectivity index (χ4v) is 1.42. The van der Waals surface area contributed by atoms with E-state index >= 15 is 0 Å². The van der Waals surface area contributed by atoms with Gasteiger partial charge in [-0.1, -0.05) is 6.58 Å². The number of halogens is 2. The Morgan fingerprint density at radius 2 is 2.29 bits per heavy atom. The van der Waals surface area contributed by atoms with E-state index in [9.17, 15) is 9.18 Å². The molecule has 0 unspecified atom stereocenters. The van der Waals surface area contributed by atoms with Crippen molar-refractivity contribution in [2.45, 2.75) is 6.92 Å². The molecule has 1 amide bonds. The maximum atomic E-state index is 13.1. The number of anilines is 1. The van der Waals surface area contributed by atoms with E-state index in [2.05, 4.69) is 27.8 Å². The summed E-state index contributed by atoms with van der Waals surface area (Å²) in [5.41, 5.74) is 1.24. The third-order valence-corrected chi connectivity index (χ3v) is 2.32. The molecule has 0 fully saturated rings. The summed E-state index contributed by atoms with van der Waals surface area (Å²) in [6.45, 7) is 5.09. The van der Waals surface area contributed by atoms with Crippen molar-refractivity contribution in [1.82, 2.24) is 0 Å². The lowest BCUT2D eigenvalue weighted by Crippen LogP contribution is -2.08. The number of hydrogen-bond donors (Lipinski definition) is 1. The van der Waals surface area contributed by atoms with Crippen molar-refractivity contribution in [2.75, 3.05) is 5.32 Å². The predicted molar refractivity (Wildman–Crippen MR) is 57.7 cm³/mol. The van der Waals surface area contributed by atoms with Crippen LogP contribution in [0.5, 0.6) is 0 Å². The van der Waals surface area contributed by atoms with Gasteiger partial charge in [-0.15, -0.1) is 0 Å². The summed E-state index contributed by atoms with van der Waals surface area (Å²) in [7, 11) is 0. The van der Waals surface area contributed by atoms with Gasteiger partial charge in [-0.05, 0) is 46.6 Å².